The van der Waals surface area contributed by atoms with Gasteiger partial charge in [-0.25, -0.2) is 0 Å². The lowest BCUT2D eigenvalue weighted by Crippen LogP contribution is -2.38. The minimum Gasteiger partial charge on any atom is -0.361 e. The first-order valence-electron chi connectivity index (χ1n) is 10.1. The van der Waals surface area contributed by atoms with E-state index in [2.05, 4.69) is 52.3 Å². The fourth-order valence-corrected chi connectivity index (χ4v) is 3.25. The Morgan fingerprint density at radius 1 is 1.03 bits per heavy atom. The molecule has 0 radical (unpaired) electrons. The minimum atomic E-state index is -0.0569. The predicted octanol–water partition coefficient (Wildman–Crippen LogP) is 3.47. The monoisotopic (exact) mass is 391 g/mol. The van der Waals surface area contributed by atoms with Gasteiger partial charge >= 0.3 is 0 Å². The molecule has 1 aromatic heterocycles. The lowest BCUT2D eigenvalue weighted by atomic mass is 10.1. The summed E-state index contributed by atoms with van der Waals surface area (Å²) in [5, 5.41) is 10.7. The Morgan fingerprint density at radius 3 is 2.59 bits per heavy atom. The zero-order valence-electron chi connectivity index (χ0n) is 17.1. The second kappa shape index (κ2) is 10.3. The highest BCUT2D eigenvalue weighted by molar-refractivity contribution is 5.88. The number of hydrogen-bond acceptors (Lipinski definition) is 2. The van der Waals surface area contributed by atoms with Gasteiger partial charge in [-0.05, 0) is 49.1 Å². The number of benzene rings is 2. The van der Waals surface area contributed by atoms with Gasteiger partial charge in [-0.1, -0.05) is 30.3 Å². The highest BCUT2D eigenvalue weighted by Crippen LogP contribution is 2.18. The van der Waals surface area contributed by atoms with Crippen LogP contribution < -0.4 is 16.0 Å². The molecular weight excluding hydrogens is 362 g/mol. The number of aliphatic imine (C=N–C) groups is 1. The van der Waals surface area contributed by atoms with Crippen LogP contribution in [0.5, 0.6) is 0 Å². The summed E-state index contributed by atoms with van der Waals surface area (Å²) in [6.45, 7) is 5.92. The third-order valence-corrected chi connectivity index (χ3v) is 4.65. The Labute approximate surface area is 171 Å². The van der Waals surface area contributed by atoms with Gasteiger partial charge in [0.15, 0.2) is 5.96 Å². The number of para-hydroxylation sites is 1. The quantitative estimate of drug-likeness (QED) is 0.351. The summed E-state index contributed by atoms with van der Waals surface area (Å²) < 4.78 is 0. The molecule has 4 N–H and O–H groups in total. The number of amides is 1. The zero-order chi connectivity index (χ0) is 20.5. The summed E-state index contributed by atoms with van der Waals surface area (Å²) in [5.74, 6) is 0.778. The third-order valence-electron chi connectivity index (χ3n) is 4.65. The molecule has 0 spiro atoms. The summed E-state index contributed by atoms with van der Waals surface area (Å²) in [6, 6.07) is 16.3. The fraction of sp³-hybridized carbons (Fsp3) is 0.304. The molecule has 29 heavy (non-hydrogen) atoms. The number of nitrogens with one attached hydrogen (secondary N) is 4. The largest absolute Gasteiger partial charge is 0.361 e. The molecule has 0 saturated heterocycles. The van der Waals surface area contributed by atoms with Crippen LogP contribution in [-0.4, -0.2) is 36.5 Å². The second-order valence-corrected chi connectivity index (χ2v) is 6.93. The number of aromatic amines is 1. The Bertz CT molecular complexity index is 959. The van der Waals surface area contributed by atoms with Gasteiger partial charge in [0.1, 0.15) is 0 Å². The topological polar surface area (TPSA) is 81.3 Å². The van der Waals surface area contributed by atoms with E-state index in [4.69, 9.17) is 4.99 Å². The molecule has 0 aliphatic carbocycles. The van der Waals surface area contributed by atoms with E-state index in [1.54, 1.807) is 0 Å². The van der Waals surface area contributed by atoms with Crippen molar-refractivity contribution in [1.82, 2.24) is 15.6 Å². The smallest absolute Gasteiger partial charge is 0.221 e. The van der Waals surface area contributed by atoms with E-state index >= 15 is 0 Å². The van der Waals surface area contributed by atoms with Crippen molar-refractivity contribution in [3.63, 3.8) is 0 Å². The molecule has 3 aromatic rings. The molecule has 1 heterocycles. The molecule has 0 aliphatic rings. The number of anilines is 1. The summed E-state index contributed by atoms with van der Waals surface area (Å²) in [6.07, 6.45) is 3.85. The second-order valence-electron chi connectivity index (χ2n) is 6.93. The van der Waals surface area contributed by atoms with Gasteiger partial charge in [-0.15, -0.1) is 0 Å². The van der Waals surface area contributed by atoms with Crippen LogP contribution in [0.25, 0.3) is 10.9 Å². The third kappa shape index (κ3) is 6.10. The van der Waals surface area contributed by atoms with Gasteiger partial charge in [0.25, 0.3) is 0 Å². The number of guanidine groups is 1. The van der Waals surface area contributed by atoms with Gasteiger partial charge in [0.2, 0.25) is 5.91 Å². The number of hydrogen-bond donors (Lipinski definition) is 4. The average molecular weight is 392 g/mol. The van der Waals surface area contributed by atoms with E-state index in [-0.39, 0.29) is 5.91 Å². The Balaban J connectivity index is 1.49. The average Bonchev–Trinajstić information content (AvgIpc) is 3.12. The van der Waals surface area contributed by atoms with Crippen molar-refractivity contribution < 1.29 is 4.79 Å². The number of rotatable bonds is 8. The molecule has 1 amide bonds. The molecule has 2 aromatic carbocycles. The summed E-state index contributed by atoms with van der Waals surface area (Å²) in [5.41, 5.74) is 4.49. The van der Waals surface area contributed by atoms with Crippen molar-refractivity contribution in [3.8, 4) is 0 Å². The molecule has 0 unspecified atom stereocenters. The number of H-pyrrole nitrogens is 1. The number of fused-ring (bicyclic) bond motifs is 1. The molecule has 0 atom stereocenters. The lowest BCUT2D eigenvalue weighted by Gasteiger charge is -2.11. The minimum absolute atomic E-state index is 0.0569. The van der Waals surface area contributed by atoms with Gasteiger partial charge in [-0.3, -0.25) is 9.79 Å². The van der Waals surface area contributed by atoms with Crippen LogP contribution in [0.1, 0.15) is 25.0 Å². The van der Waals surface area contributed by atoms with Crippen LogP contribution in [0.4, 0.5) is 5.69 Å². The highest BCUT2D eigenvalue weighted by Gasteiger charge is 2.03. The Hall–Kier alpha value is -3.28. The Kier molecular flexibility index (Phi) is 7.28. The first kappa shape index (κ1) is 20.5. The number of carbonyl (C=O) groups excluding carboxylic acids is 1. The Morgan fingerprint density at radius 2 is 1.83 bits per heavy atom. The van der Waals surface area contributed by atoms with Gasteiger partial charge in [-0.2, -0.15) is 0 Å². The molecular formula is C23H29N5O. The maximum atomic E-state index is 11.1. The van der Waals surface area contributed by atoms with Crippen LogP contribution >= 0.6 is 0 Å². The SMILES string of the molecule is CCNC(=NCCc1c[nH]c2ccccc12)NCCc1ccc(NC(C)=O)cc1. The van der Waals surface area contributed by atoms with Crippen LogP contribution in [0, 0.1) is 0 Å². The maximum Gasteiger partial charge on any atom is 0.221 e. The lowest BCUT2D eigenvalue weighted by molar-refractivity contribution is -0.114. The van der Waals surface area contributed by atoms with Crippen molar-refractivity contribution in [2.75, 3.05) is 25.0 Å². The van der Waals surface area contributed by atoms with Gasteiger partial charge < -0.3 is 20.9 Å². The van der Waals surface area contributed by atoms with Crippen LogP contribution in [0.2, 0.25) is 0 Å². The normalized spacial score (nSPS) is 11.4. The summed E-state index contributed by atoms with van der Waals surface area (Å²) >= 11 is 0. The first-order valence-corrected chi connectivity index (χ1v) is 10.1. The van der Waals surface area contributed by atoms with Crippen molar-refractivity contribution >= 4 is 28.5 Å². The number of nitrogens with zero attached hydrogens (tertiary/aromatic N) is 1. The van der Waals surface area contributed by atoms with Gasteiger partial charge in [0.05, 0.1) is 0 Å². The van der Waals surface area contributed by atoms with E-state index in [1.165, 1.54) is 29.0 Å². The zero-order valence-corrected chi connectivity index (χ0v) is 17.1. The molecule has 6 heteroatoms. The van der Waals surface area contributed by atoms with Crippen LogP contribution in [-0.2, 0) is 17.6 Å². The van der Waals surface area contributed by atoms with E-state index < -0.39 is 0 Å². The van der Waals surface area contributed by atoms with Crippen LogP contribution in [0.3, 0.4) is 0 Å². The standard InChI is InChI=1S/C23H29N5O/c1-3-24-23(25-14-12-18-8-10-20(11-9-18)28-17(2)29)26-15-13-19-16-27-22-7-5-4-6-21(19)22/h4-11,16,27H,3,12-15H2,1-2H3,(H,28,29)(H2,24,25,26). The maximum absolute atomic E-state index is 11.1. The summed E-state index contributed by atoms with van der Waals surface area (Å²) in [4.78, 5) is 19.1. The van der Waals surface area contributed by atoms with E-state index in [9.17, 15) is 4.79 Å². The molecule has 152 valence electrons. The molecule has 3 rings (SSSR count). The van der Waals surface area contributed by atoms with E-state index in [1.807, 2.05) is 30.3 Å². The predicted molar refractivity (Wildman–Crippen MR) is 120 cm³/mol. The van der Waals surface area contributed by atoms with Crippen molar-refractivity contribution in [3.05, 3.63) is 65.9 Å². The fourth-order valence-electron chi connectivity index (χ4n) is 3.25. The first-order chi connectivity index (χ1) is 14.2. The van der Waals surface area contributed by atoms with Crippen molar-refractivity contribution in [2.45, 2.75) is 26.7 Å². The van der Waals surface area contributed by atoms with Crippen molar-refractivity contribution in [1.29, 1.82) is 0 Å². The van der Waals surface area contributed by atoms with Gasteiger partial charge in [0, 0.05) is 49.3 Å². The highest BCUT2D eigenvalue weighted by atomic mass is 16.1. The van der Waals surface area contributed by atoms with Crippen molar-refractivity contribution in [2.24, 2.45) is 4.99 Å². The number of aromatic nitrogens is 1. The molecule has 0 aliphatic heterocycles. The molecule has 0 saturated carbocycles. The van der Waals surface area contributed by atoms with Crippen LogP contribution in [0.15, 0.2) is 59.7 Å². The van der Waals surface area contributed by atoms with E-state index in [0.29, 0.717) is 0 Å². The molecule has 6 nitrogen and oxygen atoms in total. The molecule has 0 bridgehead atoms. The molecule has 0 fully saturated rings. The number of carbonyl (C=O) groups is 1. The van der Waals surface area contributed by atoms with E-state index in [0.717, 1.165) is 44.1 Å². The summed E-state index contributed by atoms with van der Waals surface area (Å²) in [7, 11) is 0.